The molecule has 0 saturated carbocycles. The Labute approximate surface area is 163 Å². The maximum atomic E-state index is 13.2. The number of rotatable bonds is 6. The predicted octanol–water partition coefficient (Wildman–Crippen LogP) is 2.37. The summed E-state index contributed by atoms with van der Waals surface area (Å²) >= 11 is 0. The lowest BCUT2D eigenvalue weighted by molar-refractivity contribution is -0.131. The number of benzene rings is 2. The van der Waals surface area contributed by atoms with Crippen LogP contribution in [-0.4, -0.2) is 33.8 Å². The van der Waals surface area contributed by atoms with Crippen LogP contribution in [0.2, 0.25) is 0 Å². The van der Waals surface area contributed by atoms with Crippen LogP contribution in [0, 0.1) is 0 Å². The molecule has 0 radical (unpaired) electrons. The third-order valence-electron chi connectivity index (χ3n) is 4.77. The van der Waals surface area contributed by atoms with E-state index in [0.717, 1.165) is 11.1 Å². The second-order valence-corrected chi connectivity index (χ2v) is 9.01. The number of amides is 1. The molecular weight excluding hydrogens is 378 g/mol. The van der Waals surface area contributed by atoms with Gasteiger partial charge >= 0.3 is 0 Å². The van der Waals surface area contributed by atoms with Gasteiger partial charge in [-0.2, -0.15) is 0 Å². The number of aromatic nitrogens is 2. The van der Waals surface area contributed by atoms with Gasteiger partial charge in [-0.05, 0) is 23.6 Å². The standard InChI is InChI=1S/C20H21N3O4S/c1-20(18(24)22-25,28(26,27)19-21-11-12-23(19)2)14-15-7-6-10-17(13-15)16-8-4-3-5-9-16/h3-13,25H,14H2,1-2H3,(H,22,24). The van der Waals surface area contributed by atoms with E-state index in [0.29, 0.717) is 5.56 Å². The second-order valence-electron chi connectivity index (χ2n) is 6.74. The van der Waals surface area contributed by atoms with Crippen LogP contribution in [-0.2, 0) is 28.1 Å². The van der Waals surface area contributed by atoms with Gasteiger partial charge in [-0.1, -0.05) is 54.6 Å². The summed E-state index contributed by atoms with van der Waals surface area (Å²) in [4.78, 5) is 16.4. The minimum absolute atomic E-state index is 0.130. The highest BCUT2D eigenvalue weighted by atomic mass is 32.2. The van der Waals surface area contributed by atoms with Crippen molar-refractivity contribution >= 4 is 15.7 Å². The molecule has 0 aliphatic heterocycles. The van der Waals surface area contributed by atoms with E-state index < -0.39 is 20.5 Å². The van der Waals surface area contributed by atoms with Gasteiger partial charge in [-0.3, -0.25) is 10.0 Å². The first-order valence-electron chi connectivity index (χ1n) is 8.60. The van der Waals surface area contributed by atoms with Crippen LogP contribution in [0.25, 0.3) is 11.1 Å². The van der Waals surface area contributed by atoms with E-state index in [9.17, 15) is 18.4 Å². The van der Waals surface area contributed by atoms with Gasteiger partial charge in [0, 0.05) is 25.9 Å². The van der Waals surface area contributed by atoms with E-state index in [1.165, 1.54) is 36.4 Å². The van der Waals surface area contributed by atoms with E-state index in [2.05, 4.69) is 4.98 Å². The number of carbonyl (C=O) groups excluding carboxylic acids is 1. The molecule has 0 aliphatic carbocycles. The minimum Gasteiger partial charge on any atom is -0.325 e. The molecule has 0 saturated heterocycles. The molecule has 1 aromatic heterocycles. The van der Waals surface area contributed by atoms with Crippen LogP contribution in [0.1, 0.15) is 12.5 Å². The molecule has 0 aliphatic rings. The summed E-state index contributed by atoms with van der Waals surface area (Å²) in [5, 5.41) is 8.98. The Hall–Kier alpha value is -2.97. The SMILES string of the molecule is Cn1ccnc1S(=O)(=O)C(C)(Cc1cccc(-c2ccccc2)c1)C(=O)NO. The highest BCUT2D eigenvalue weighted by molar-refractivity contribution is 7.93. The van der Waals surface area contributed by atoms with Crippen molar-refractivity contribution in [3.8, 4) is 11.1 Å². The zero-order valence-electron chi connectivity index (χ0n) is 15.5. The first-order chi connectivity index (χ1) is 13.3. The number of hydroxylamine groups is 1. The van der Waals surface area contributed by atoms with Gasteiger partial charge in [0.25, 0.3) is 5.91 Å². The summed E-state index contributed by atoms with van der Waals surface area (Å²) in [6.07, 6.45) is 2.70. The Balaban J connectivity index is 2.05. The summed E-state index contributed by atoms with van der Waals surface area (Å²) < 4.78 is 25.9. The van der Waals surface area contributed by atoms with E-state index in [4.69, 9.17) is 0 Å². The van der Waals surface area contributed by atoms with Crippen LogP contribution >= 0.6 is 0 Å². The van der Waals surface area contributed by atoms with E-state index in [1.807, 2.05) is 48.5 Å². The molecule has 1 amide bonds. The maximum Gasteiger partial charge on any atom is 0.265 e. The Morgan fingerprint density at radius 3 is 2.43 bits per heavy atom. The fourth-order valence-electron chi connectivity index (χ4n) is 3.11. The Morgan fingerprint density at radius 2 is 1.82 bits per heavy atom. The average molecular weight is 399 g/mol. The largest absolute Gasteiger partial charge is 0.325 e. The Kier molecular flexibility index (Phi) is 5.35. The van der Waals surface area contributed by atoms with Gasteiger partial charge in [-0.25, -0.2) is 18.9 Å². The number of imidazole rings is 1. The van der Waals surface area contributed by atoms with Gasteiger partial charge in [-0.15, -0.1) is 0 Å². The fourth-order valence-corrected chi connectivity index (χ4v) is 4.80. The van der Waals surface area contributed by atoms with Crippen molar-refractivity contribution < 1.29 is 18.4 Å². The van der Waals surface area contributed by atoms with Gasteiger partial charge in [0.05, 0.1) is 0 Å². The number of hydrogen-bond acceptors (Lipinski definition) is 5. The maximum absolute atomic E-state index is 13.2. The smallest absolute Gasteiger partial charge is 0.265 e. The summed E-state index contributed by atoms with van der Waals surface area (Å²) in [7, 11) is -2.66. The molecule has 3 rings (SSSR count). The second kappa shape index (κ2) is 7.57. The molecule has 0 fully saturated rings. The van der Waals surface area contributed by atoms with E-state index >= 15 is 0 Å². The molecule has 146 valence electrons. The zero-order chi connectivity index (χ0) is 20.4. The predicted molar refractivity (Wildman–Crippen MR) is 104 cm³/mol. The van der Waals surface area contributed by atoms with Gasteiger partial charge in [0.15, 0.2) is 4.75 Å². The molecule has 1 atom stereocenters. The molecule has 28 heavy (non-hydrogen) atoms. The van der Waals surface area contributed by atoms with Crippen molar-refractivity contribution in [3.63, 3.8) is 0 Å². The van der Waals surface area contributed by atoms with Crippen molar-refractivity contribution in [2.75, 3.05) is 0 Å². The molecule has 8 heteroatoms. The van der Waals surface area contributed by atoms with Crippen LogP contribution in [0.4, 0.5) is 0 Å². The van der Waals surface area contributed by atoms with Crippen LogP contribution in [0.3, 0.4) is 0 Å². The average Bonchev–Trinajstić information content (AvgIpc) is 3.14. The molecule has 2 N–H and O–H groups in total. The van der Waals surface area contributed by atoms with Crippen LogP contribution in [0.15, 0.2) is 72.1 Å². The molecular formula is C20H21N3O4S. The molecule has 0 bridgehead atoms. The van der Waals surface area contributed by atoms with Crippen molar-refractivity contribution in [3.05, 3.63) is 72.6 Å². The van der Waals surface area contributed by atoms with Gasteiger partial charge < -0.3 is 4.57 Å². The first-order valence-corrected chi connectivity index (χ1v) is 10.1. The molecule has 2 aromatic carbocycles. The van der Waals surface area contributed by atoms with Gasteiger partial charge in [0.1, 0.15) is 0 Å². The monoisotopic (exact) mass is 399 g/mol. The third-order valence-corrected chi connectivity index (χ3v) is 7.16. The number of nitrogens with zero attached hydrogens (tertiary/aromatic N) is 2. The summed E-state index contributed by atoms with van der Waals surface area (Å²) in [5.74, 6) is -1.01. The number of hydrogen-bond donors (Lipinski definition) is 2. The number of aryl methyl sites for hydroxylation is 1. The fraction of sp³-hybridized carbons (Fsp3) is 0.200. The van der Waals surface area contributed by atoms with E-state index in [-0.39, 0.29) is 11.6 Å². The molecule has 0 spiro atoms. The van der Waals surface area contributed by atoms with E-state index in [1.54, 1.807) is 6.07 Å². The lowest BCUT2D eigenvalue weighted by atomic mass is 9.96. The Morgan fingerprint density at radius 1 is 1.14 bits per heavy atom. The topological polar surface area (TPSA) is 101 Å². The summed E-state index contributed by atoms with van der Waals surface area (Å²) in [6, 6.07) is 16.9. The van der Waals surface area contributed by atoms with Crippen molar-refractivity contribution in [1.29, 1.82) is 0 Å². The first kappa shape index (κ1) is 19.8. The zero-order valence-corrected chi connectivity index (χ0v) is 16.3. The Bertz CT molecular complexity index is 1090. The quantitative estimate of drug-likeness (QED) is 0.489. The number of nitrogens with one attached hydrogen (secondary N) is 1. The lowest BCUT2D eigenvalue weighted by Crippen LogP contribution is -2.51. The van der Waals surface area contributed by atoms with Crippen molar-refractivity contribution in [2.24, 2.45) is 7.05 Å². The molecule has 1 unspecified atom stereocenters. The highest BCUT2D eigenvalue weighted by Gasteiger charge is 2.49. The molecule has 7 nitrogen and oxygen atoms in total. The minimum atomic E-state index is -4.20. The van der Waals surface area contributed by atoms with Gasteiger partial charge in [0.2, 0.25) is 15.0 Å². The number of carbonyl (C=O) groups is 1. The van der Waals surface area contributed by atoms with Crippen molar-refractivity contribution in [1.82, 2.24) is 15.0 Å². The van der Waals surface area contributed by atoms with Crippen LogP contribution in [0.5, 0.6) is 0 Å². The van der Waals surface area contributed by atoms with Crippen molar-refractivity contribution in [2.45, 2.75) is 23.2 Å². The normalized spacial score (nSPS) is 13.7. The van der Waals surface area contributed by atoms with Crippen LogP contribution < -0.4 is 5.48 Å². The third kappa shape index (κ3) is 3.44. The molecule has 1 heterocycles. The molecule has 3 aromatic rings. The lowest BCUT2D eigenvalue weighted by Gasteiger charge is -2.26. The number of sulfone groups is 1. The summed E-state index contributed by atoms with van der Waals surface area (Å²) in [5.41, 5.74) is 4.03. The summed E-state index contributed by atoms with van der Waals surface area (Å²) in [6.45, 7) is 1.29. The highest BCUT2D eigenvalue weighted by Crippen LogP contribution is 2.30.